The first-order valence-corrected chi connectivity index (χ1v) is 7.91. The second-order valence-electron chi connectivity index (χ2n) is 6.24. The van der Waals surface area contributed by atoms with Crippen LogP contribution < -0.4 is 5.32 Å². The fourth-order valence-corrected chi connectivity index (χ4v) is 2.37. The van der Waals surface area contributed by atoms with Crippen molar-refractivity contribution in [2.45, 2.75) is 46.5 Å². The molecular formula is C20H25NO. The molecule has 1 amide bonds. The van der Waals surface area contributed by atoms with E-state index in [1.807, 2.05) is 18.2 Å². The summed E-state index contributed by atoms with van der Waals surface area (Å²) in [5.74, 6) is 0.610. The van der Waals surface area contributed by atoms with Gasteiger partial charge in [0.25, 0.3) is 0 Å². The maximum absolute atomic E-state index is 12.0. The van der Waals surface area contributed by atoms with Gasteiger partial charge in [0.1, 0.15) is 0 Å². The van der Waals surface area contributed by atoms with Gasteiger partial charge in [0.15, 0.2) is 0 Å². The van der Waals surface area contributed by atoms with Crippen LogP contribution in [-0.2, 0) is 11.2 Å². The molecule has 0 saturated carbocycles. The molecule has 2 rings (SSSR count). The Balaban J connectivity index is 1.88. The lowest BCUT2D eigenvalue weighted by atomic mass is 10.0. The minimum Gasteiger partial charge on any atom is -0.326 e. The van der Waals surface area contributed by atoms with E-state index < -0.39 is 0 Å². The van der Waals surface area contributed by atoms with Crippen LogP contribution in [0.15, 0.2) is 42.5 Å². The molecule has 2 heteroatoms. The minimum absolute atomic E-state index is 0.0659. The minimum atomic E-state index is 0.0659. The SMILES string of the molecule is Cc1ccc(NC(=O)CCc2ccc(C(C)C)cc2)cc1C. The Morgan fingerprint density at radius 3 is 2.27 bits per heavy atom. The van der Waals surface area contributed by atoms with Crippen LogP contribution >= 0.6 is 0 Å². The number of nitrogens with one attached hydrogen (secondary N) is 1. The number of hydrogen-bond donors (Lipinski definition) is 1. The first kappa shape index (κ1) is 16.3. The highest BCUT2D eigenvalue weighted by atomic mass is 16.1. The lowest BCUT2D eigenvalue weighted by Crippen LogP contribution is -2.12. The monoisotopic (exact) mass is 295 g/mol. The molecule has 2 aromatic carbocycles. The van der Waals surface area contributed by atoms with Gasteiger partial charge in [-0.25, -0.2) is 0 Å². The molecule has 0 aliphatic rings. The first-order chi connectivity index (χ1) is 10.5. The van der Waals surface area contributed by atoms with Gasteiger partial charge in [0.05, 0.1) is 0 Å². The smallest absolute Gasteiger partial charge is 0.224 e. The third kappa shape index (κ3) is 4.45. The predicted molar refractivity (Wildman–Crippen MR) is 93.4 cm³/mol. The standard InChI is InChI=1S/C20H25NO/c1-14(2)18-9-6-17(7-10-18)8-12-20(22)21-19-11-5-15(3)16(4)13-19/h5-7,9-11,13-14H,8,12H2,1-4H3,(H,21,22). The number of benzene rings is 2. The summed E-state index contributed by atoms with van der Waals surface area (Å²) < 4.78 is 0. The average Bonchev–Trinajstić information content (AvgIpc) is 2.49. The van der Waals surface area contributed by atoms with E-state index >= 15 is 0 Å². The molecule has 0 radical (unpaired) electrons. The summed E-state index contributed by atoms with van der Waals surface area (Å²) >= 11 is 0. The maximum Gasteiger partial charge on any atom is 0.224 e. The van der Waals surface area contributed by atoms with Crippen molar-refractivity contribution in [2.24, 2.45) is 0 Å². The first-order valence-electron chi connectivity index (χ1n) is 7.91. The molecule has 0 bridgehead atoms. The largest absolute Gasteiger partial charge is 0.326 e. The summed E-state index contributed by atoms with van der Waals surface area (Å²) in [6.07, 6.45) is 1.28. The van der Waals surface area contributed by atoms with Crippen LogP contribution in [0.4, 0.5) is 5.69 Å². The summed E-state index contributed by atoms with van der Waals surface area (Å²) in [6, 6.07) is 14.6. The molecule has 0 aromatic heterocycles. The van der Waals surface area contributed by atoms with Gasteiger partial charge in [-0.3, -0.25) is 4.79 Å². The number of amides is 1. The van der Waals surface area contributed by atoms with Gasteiger partial charge in [0.2, 0.25) is 5.91 Å². The highest BCUT2D eigenvalue weighted by molar-refractivity contribution is 5.90. The van der Waals surface area contributed by atoms with Gasteiger partial charge in [-0.05, 0) is 60.6 Å². The summed E-state index contributed by atoms with van der Waals surface area (Å²) in [5.41, 5.74) is 5.86. The van der Waals surface area contributed by atoms with Crippen molar-refractivity contribution in [1.82, 2.24) is 0 Å². The van der Waals surface area contributed by atoms with Crippen molar-refractivity contribution in [1.29, 1.82) is 0 Å². The van der Waals surface area contributed by atoms with E-state index in [2.05, 4.69) is 57.3 Å². The number of anilines is 1. The molecule has 1 N–H and O–H groups in total. The topological polar surface area (TPSA) is 29.1 Å². The van der Waals surface area contributed by atoms with E-state index in [1.54, 1.807) is 0 Å². The average molecular weight is 295 g/mol. The molecule has 0 fully saturated rings. The quantitative estimate of drug-likeness (QED) is 0.826. The predicted octanol–water partition coefficient (Wildman–Crippen LogP) is 5.00. The van der Waals surface area contributed by atoms with E-state index in [4.69, 9.17) is 0 Å². The van der Waals surface area contributed by atoms with Crippen LogP contribution in [0.5, 0.6) is 0 Å². The van der Waals surface area contributed by atoms with Gasteiger partial charge in [-0.15, -0.1) is 0 Å². The maximum atomic E-state index is 12.0. The van der Waals surface area contributed by atoms with E-state index in [0.717, 1.165) is 12.1 Å². The molecule has 0 atom stereocenters. The molecular weight excluding hydrogens is 270 g/mol. The van der Waals surface area contributed by atoms with E-state index in [1.165, 1.54) is 22.3 Å². The number of rotatable bonds is 5. The molecule has 22 heavy (non-hydrogen) atoms. The Morgan fingerprint density at radius 1 is 1.00 bits per heavy atom. The molecule has 0 aliphatic heterocycles. The Morgan fingerprint density at radius 2 is 1.68 bits per heavy atom. The van der Waals surface area contributed by atoms with E-state index in [-0.39, 0.29) is 5.91 Å². The van der Waals surface area contributed by atoms with Crippen LogP contribution in [0.2, 0.25) is 0 Å². The van der Waals surface area contributed by atoms with Crippen molar-refractivity contribution >= 4 is 11.6 Å². The highest BCUT2D eigenvalue weighted by Gasteiger charge is 2.05. The molecule has 2 nitrogen and oxygen atoms in total. The molecule has 0 unspecified atom stereocenters. The lowest BCUT2D eigenvalue weighted by molar-refractivity contribution is -0.116. The summed E-state index contributed by atoms with van der Waals surface area (Å²) in [4.78, 5) is 12.0. The van der Waals surface area contributed by atoms with E-state index in [0.29, 0.717) is 12.3 Å². The van der Waals surface area contributed by atoms with Crippen LogP contribution in [0.1, 0.15) is 48.4 Å². The third-order valence-electron chi connectivity index (χ3n) is 4.08. The van der Waals surface area contributed by atoms with Crippen molar-refractivity contribution in [3.63, 3.8) is 0 Å². The fraction of sp³-hybridized carbons (Fsp3) is 0.350. The molecule has 0 heterocycles. The summed E-state index contributed by atoms with van der Waals surface area (Å²) in [5, 5.41) is 2.97. The van der Waals surface area contributed by atoms with Gasteiger partial charge >= 0.3 is 0 Å². The van der Waals surface area contributed by atoms with Crippen LogP contribution in [0, 0.1) is 13.8 Å². The molecule has 0 saturated heterocycles. The fourth-order valence-electron chi connectivity index (χ4n) is 2.37. The van der Waals surface area contributed by atoms with Crippen molar-refractivity contribution in [3.05, 3.63) is 64.7 Å². The highest BCUT2D eigenvalue weighted by Crippen LogP contribution is 2.17. The van der Waals surface area contributed by atoms with Crippen LogP contribution in [0.3, 0.4) is 0 Å². The van der Waals surface area contributed by atoms with Crippen molar-refractivity contribution < 1.29 is 4.79 Å². The van der Waals surface area contributed by atoms with Crippen molar-refractivity contribution in [3.8, 4) is 0 Å². The molecule has 116 valence electrons. The van der Waals surface area contributed by atoms with Crippen molar-refractivity contribution in [2.75, 3.05) is 5.32 Å². The summed E-state index contributed by atoms with van der Waals surface area (Å²) in [7, 11) is 0. The van der Waals surface area contributed by atoms with Crippen LogP contribution in [-0.4, -0.2) is 5.91 Å². The zero-order valence-corrected chi connectivity index (χ0v) is 13.9. The third-order valence-corrected chi connectivity index (χ3v) is 4.08. The molecule has 0 spiro atoms. The Labute approximate surface area is 133 Å². The summed E-state index contributed by atoms with van der Waals surface area (Å²) in [6.45, 7) is 8.50. The number of carbonyl (C=O) groups is 1. The Bertz CT molecular complexity index is 641. The van der Waals surface area contributed by atoms with Gasteiger partial charge in [-0.1, -0.05) is 44.2 Å². The second kappa shape index (κ2) is 7.26. The molecule has 0 aliphatic carbocycles. The van der Waals surface area contributed by atoms with Gasteiger partial charge < -0.3 is 5.32 Å². The van der Waals surface area contributed by atoms with Gasteiger partial charge in [-0.2, -0.15) is 0 Å². The number of aryl methyl sites for hydroxylation is 3. The second-order valence-corrected chi connectivity index (χ2v) is 6.24. The molecule has 2 aromatic rings. The van der Waals surface area contributed by atoms with Crippen LogP contribution in [0.25, 0.3) is 0 Å². The zero-order valence-electron chi connectivity index (χ0n) is 13.9. The number of carbonyl (C=O) groups excluding carboxylic acids is 1. The Kier molecular flexibility index (Phi) is 5.37. The van der Waals surface area contributed by atoms with E-state index in [9.17, 15) is 4.79 Å². The van der Waals surface area contributed by atoms with Gasteiger partial charge in [0, 0.05) is 12.1 Å². The Hall–Kier alpha value is -2.09. The zero-order chi connectivity index (χ0) is 16.1. The number of hydrogen-bond acceptors (Lipinski definition) is 1. The lowest BCUT2D eigenvalue weighted by Gasteiger charge is -2.09. The normalized spacial score (nSPS) is 10.8.